The van der Waals surface area contributed by atoms with Crippen LogP contribution in [-0.2, 0) is 14.3 Å². The van der Waals surface area contributed by atoms with Gasteiger partial charge in [-0.25, -0.2) is 0 Å². The monoisotopic (exact) mass is 231 g/mol. The Morgan fingerprint density at radius 1 is 1.44 bits per heavy atom. The second kappa shape index (κ2) is 8.10. The predicted octanol–water partition coefficient (Wildman–Crippen LogP) is 0.982. The lowest BCUT2D eigenvalue weighted by Crippen LogP contribution is -2.34. The van der Waals surface area contributed by atoms with E-state index in [-0.39, 0.29) is 24.8 Å². The van der Waals surface area contributed by atoms with Crippen LogP contribution in [0.15, 0.2) is 0 Å². The maximum absolute atomic E-state index is 11.7. The molecule has 0 aliphatic rings. The first-order chi connectivity index (χ1) is 7.51. The number of amides is 1. The molecule has 0 fully saturated rings. The zero-order valence-corrected chi connectivity index (χ0v) is 10.2. The van der Waals surface area contributed by atoms with E-state index in [0.29, 0.717) is 19.6 Å². The number of methoxy groups -OCH3 is 1. The van der Waals surface area contributed by atoms with Crippen molar-refractivity contribution in [2.75, 3.05) is 26.8 Å². The third-order valence-electron chi connectivity index (χ3n) is 2.30. The highest BCUT2D eigenvalue weighted by Gasteiger charge is 2.15. The van der Waals surface area contributed by atoms with Crippen LogP contribution >= 0.6 is 0 Å². The predicted molar refractivity (Wildman–Crippen MR) is 60.2 cm³/mol. The molecule has 1 N–H and O–H groups in total. The maximum Gasteiger partial charge on any atom is 0.305 e. The second-order valence-electron chi connectivity index (χ2n) is 3.88. The number of carboxylic acid groups (broad SMARTS) is 1. The number of carbonyl (C=O) groups is 2. The van der Waals surface area contributed by atoms with Gasteiger partial charge in [0.25, 0.3) is 0 Å². The first kappa shape index (κ1) is 14.9. The Labute approximate surface area is 96.4 Å². The molecule has 0 heterocycles. The van der Waals surface area contributed by atoms with E-state index in [1.165, 1.54) is 0 Å². The lowest BCUT2D eigenvalue weighted by Gasteiger charge is -2.21. The normalized spacial score (nSPS) is 12.2. The lowest BCUT2D eigenvalue weighted by molar-refractivity contribution is -0.138. The van der Waals surface area contributed by atoms with E-state index in [1.807, 2.05) is 13.8 Å². The minimum atomic E-state index is -0.879. The number of nitrogens with zero attached hydrogens (tertiary/aromatic N) is 1. The lowest BCUT2D eigenvalue weighted by atomic mass is 10.1. The summed E-state index contributed by atoms with van der Waals surface area (Å²) in [5.74, 6) is -0.721. The minimum absolute atomic E-state index is 0.00175. The maximum atomic E-state index is 11.7. The highest BCUT2D eigenvalue weighted by atomic mass is 16.5. The van der Waals surface area contributed by atoms with Crippen molar-refractivity contribution < 1.29 is 19.4 Å². The molecule has 0 aromatic carbocycles. The summed E-state index contributed by atoms with van der Waals surface area (Å²) in [5.41, 5.74) is 0. The quantitative estimate of drug-likeness (QED) is 0.676. The summed E-state index contributed by atoms with van der Waals surface area (Å²) in [6.07, 6.45) is 0.402. The number of rotatable bonds is 8. The average molecular weight is 231 g/mol. The highest BCUT2D eigenvalue weighted by Crippen LogP contribution is 2.06. The molecule has 0 rings (SSSR count). The van der Waals surface area contributed by atoms with Gasteiger partial charge in [0.15, 0.2) is 0 Å². The van der Waals surface area contributed by atoms with Crippen molar-refractivity contribution >= 4 is 11.9 Å². The molecular weight excluding hydrogens is 210 g/mol. The average Bonchev–Trinajstić information content (AvgIpc) is 2.18. The van der Waals surface area contributed by atoms with Gasteiger partial charge in [0, 0.05) is 33.2 Å². The van der Waals surface area contributed by atoms with E-state index in [4.69, 9.17) is 9.84 Å². The Bertz CT molecular complexity index is 230. The molecule has 0 aliphatic carbocycles. The molecular formula is C11H21NO4. The summed E-state index contributed by atoms with van der Waals surface area (Å²) in [6.45, 7) is 5.16. The molecule has 0 aromatic heterocycles. The summed E-state index contributed by atoms with van der Waals surface area (Å²) in [5, 5.41) is 8.55. The van der Waals surface area contributed by atoms with Crippen LogP contribution in [-0.4, -0.2) is 48.7 Å². The number of carbonyl (C=O) groups excluding carboxylic acids is 1. The Hall–Kier alpha value is -1.10. The van der Waals surface area contributed by atoms with Crippen molar-refractivity contribution in [1.82, 2.24) is 4.90 Å². The fraction of sp³-hybridized carbons (Fsp3) is 0.818. The van der Waals surface area contributed by atoms with Gasteiger partial charge in [-0.05, 0) is 12.8 Å². The molecule has 0 aromatic rings. The Balaban J connectivity index is 4.04. The molecule has 0 radical (unpaired) electrons. The van der Waals surface area contributed by atoms with Gasteiger partial charge in [-0.2, -0.15) is 0 Å². The molecule has 5 heteroatoms. The van der Waals surface area contributed by atoms with Crippen LogP contribution in [0.1, 0.15) is 26.7 Å². The van der Waals surface area contributed by atoms with Gasteiger partial charge in [-0.15, -0.1) is 0 Å². The van der Waals surface area contributed by atoms with Crippen molar-refractivity contribution in [2.45, 2.75) is 26.7 Å². The van der Waals surface area contributed by atoms with Crippen molar-refractivity contribution in [1.29, 1.82) is 0 Å². The van der Waals surface area contributed by atoms with Gasteiger partial charge in [-0.3, -0.25) is 9.59 Å². The molecule has 0 saturated carbocycles. The van der Waals surface area contributed by atoms with E-state index in [1.54, 1.807) is 12.0 Å². The van der Waals surface area contributed by atoms with E-state index in [9.17, 15) is 9.59 Å². The molecule has 1 unspecified atom stereocenters. The van der Waals surface area contributed by atoms with Gasteiger partial charge in [0.2, 0.25) is 5.91 Å². The number of hydrogen-bond donors (Lipinski definition) is 1. The number of ether oxygens (including phenoxy) is 1. The number of carboxylic acids is 1. The number of hydrogen-bond acceptors (Lipinski definition) is 3. The van der Waals surface area contributed by atoms with Crippen LogP contribution in [0.25, 0.3) is 0 Å². The van der Waals surface area contributed by atoms with Crippen LogP contribution < -0.4 is 0 Å². The summed E-state index contributed by atoms with van der Waals surface area (Å²) in [4.78, 5) is 23.7. The fourth-order valence-corrected chi connectivity index (χ4v) is 1.46. The van der Waals surface area contributed by atoms with Crippen LogP contribution in [0.5, 0.6) is 0 Å². The molecule has 1 amide bonds. The first-order valence-corrected chi connectivity index (χ1v) is 5.49. The van der Waals surface area contributed by atoms with Crippen molar-refractivity contribution in [2.24, 2.45) is 5.92 Å². The summed E-state index contributed by atoms with van der Waals surface area (Å²) in [7, 11) is 1.60. The van der Waals surface area contributed by atoms with Gasteiger partial charge >= 0.3 is 5.97 Å². The first-order valence-electron chi connectivity index (χ1n) is 5.49. The third kappa shape index (κ3) is 6.40. The summed E-state index contributed by atoms with van der Waals surface area (Å²) >= 11 is 0. The van der Waals surface area contributed by atoms with Crippen molar-refractivity contribution in [3.63, 3.8) is 0 Å². The van der Waals surface area contributed by atoms with E-state index < -0.39 is 5.97 Å². The van der Waals surface area contributed by atoms with E-state index in [0.717, 1.165) is 0 Å². The molecule has 16 heavy (non-hydrogen) atoms. The van der Waals surface area contributed by atoms with E-state index in [2.05, 4.69) is 0 Å². The Morgan fingerprint density at radius 2 is 2.06 bits per heavy atom. The molecule has 0 aliphatic heterocycles. The highest BCUT2D eigenvalue weighted by molar-refractivity contribution is 5.77. The van der Waals surface area contributed by atoms with Crippen molar-refractivity contribution in [3.8, 4) is 0 Å². The molecule has 0 bridgehead atoms. The fourth-order valence-electron chi connectivity index (χ4n) is 1.46. The number of aliphatic carboxylic acids is 1. The van der Waals surface area contributed by atoms with Gasteiger partial charge in [0.1, 0.15) is 0 Å². The topological polar surface area (TPSA) is 66.8 Å². The standard InChI is InChI=1S/C11H21NO4/c1-4-12(6-5-11(14)15)10(13)7-9(2)8-16-3/h9H,4-8H2,1-3H3,(H,14,15). The van der Waals surface area contributed by atoms with Gasteiger partial charge < -0.3 is 14.7 Å². The van der Waals surface area contributed by atoms with Gasteiger partial charge in [-0.1, -0.05) is 6.92 Å². The molecule has 1 atom stereocenters. The van der Waals surface area contributed by atoms with Crippen LogP contribution in [0.4, 0.5) is 0 Å². The van der Waals surface area contributed by atoms with Crippen LogP contribution in [0.2, 0.25) is 0 Å². The van der Waals surface area contributed by atoms with Crippen LogP contribution in [0, 0.1) is 5.92 Å². The van der Waals surface area contributed by atoms with Crippen LogP contribution in [0.3, 0.4) is 0 Å². The zero-order chi connectivity index (χ0) is 12.6. The smallest absolute Gasteiger partial charge is 0.305 e. The third-order valence-corrected chi connectivity index (χ3v) is 2.30. The van der Waals surface area contributed by atoms with Crippen molar-refractivity contribution in [3.05, 3.63) is 0 Å². The minimum Gasteiger partial charge on any atom is -0.481 e. The molecule has 94 valence electrons. The zero-order valence-electron chi connectivity index (χ0n) is 10.2. The summed E-state index contributed by atoms with van der Waals surface area (Å²) < 4.78 is 4.95. The Morgan fingerprint density at radius 3 is 2.50 bits per heavy atom. The Kier molecular flexibility index (Phi) is 7.54. The molecule has 5 nitrogen and oxygen atoms in total. The molecule has 0 saturated heterocycles. The molecule has 0 spiro atoms. The SMILES string of the molecule is CCN(CCC(=O)O)C(=O)CC(C)COC. The largest absolute Gasteiger partial charge is 0.481 e. The van der Waals surface area contributed by atoms with E-state index >= 15 is 0 Å². The summed E-state index contributed by atoms with van der Waals surface area (Å²) in [6, 6.07) is 0. The second-order valence-corrected chi connectivity index (χ2v) is 3.88. The van der Waals surface area contributed by atoms with Gasteiger partial charge in [0.05, 0.1) is 6.42 Å².